The molecular weight excluding hydrogens is 553 g/mol. The van der Waals surface area contributed by atoms with E-state index in [0.717, 1.165) is 27.4 Å². The van der Waals surface area contributed by atoms with E-state index in [-0.39, 0.29) is 11.7 Å². The molecule has 2 heterocycles. The molecule has 1 atom stereocenters. The van der Waals surface area contributed by atoms with Gasteiger partial charge >= 0.3 is 6.09 Å². The molecule has 1 fully saturated rings. The number of H-pyrrole nitrogens is 1. The molecule has 1 aliphatic heterocycles. The highest BCUT2D eigenvalue weighted by atomic mass is 79.9. The molecular formula is C28H35BrFN5O3. The lowest BCUT2D eigenvalue weighted by Crippen LogP contribution is -2.49. The molecule has 1 N–H and O–H groups in total. The Bertz CT molecular complexity index is 1320. The van der Waals surface area contributed by atoms with E-state index in [9.17, 15) is 9.59 Å². The van der Waals surface area contributed by atoms with Gasteiger partial charge in [0.1, 0.15) is 23.2 Å². The minimum absolute atomic E-state index is 0.0876. The van der Waals surface area contributed by atoms with Crippen LogP contribution >= 0.6 is 15.9 Å². The first kappa shape index (κ1) is 28.0. The first-order valence-electron chi connectivity index (χ1n) is 12.8. The highest BCUT2D eigenvalue weighted by molar-refractivity contribution is 9.10. The summed E-state index contributed by atoms with van der Waals surface area (Å²) in [5, 5.41) is 8.14. The van der Waals surface area contributed by atoms with Gasteiger partial charge in [-0.15, -0.1) is 0 Å². The molecule has 0 saturated carbocycles. The smallest absolute Gasteiger partial charge is 0.410 e. The van der Waals surface area contributed by atoms with Gasteiger partial charge in [-0.3, -0.25) is 14.8 Å². The van der Waals surface area contributed by atoms with Crippen molar-refractivity contribution in [2.75, 3.05) is 33.7 Å². The van der Waals surface area contributed by atoms with Crippen molar-refractivity contribution in [1.29, 1.82) is 0 Å². The molecule has 0 bridgehead atoms. The first-order chi connectivity index (χ1) is 17.9. The van der Waals surface area contributed by atoms with Crippen molar-refractivity contribution in [2.24, 2.45) is 0 Å². The van der Waals surface area contributed by atoms with Crippen molar-refractivity contribution in [3.63, 3.8) is 0 Å². The van der Waals surface area contributed by atoms with Crippen molar-refractivity contribution in [3.05, 3.63) is 52.3 Å². The Morgan fingerprint density at radius 3 is 2.66 bits per heavy atom. The molecule has 1 saturated heterocycles. The monoisotopic (exact) mass is 587 g/mol. The number of ether oxygens (including phenoxy) is 1. The van der Waals surface area contributed by atoms with Crippen molar-refractivity contribution in [1.82, 2.24) is 24.9 Å². The van der Waals surface area contributed by atoms with Crippen molar-refractivity contribution in [2.45, 2.75) is 51.8 Å². The third-order valence-electron chi connectivity index (χ3n) is 6.63. The summed E-state index contributed by atoms with van der Waals surface area (Å²) in [5.41, 5.74) is 2.09. The topological polar surface area (TPSA) is 81.8 Å². The van der Waals surface area contributed by atoms with E-state index in [1.807, 2.05) is 57.0 Å². The summed E-state index contributed by atoms with van der Waals surface area (Å²) < 4.78 is 21.5. The fourth-order valence-corrected chi connectivity index (χ4v) is 5.05. The SMILES string of the molecule is CN(CCN(C)C(=O)[C@H]1CCCN1C(=O)OC(C)(C)C)Cc1ccc(-c2n[nH]c3cc(Br)ccc23)c(F)c1. The Balaban J connectivity index is 1.33. The van der Waals surface area contributed by atoms with E-state index in [0.29, 0.717) is 43.9 Å². The van der Waals surface area contributed by atoms with Crippen LogP contribution in [0.2, 0.25) is 0 Å². The number of nitrogens with one attached hydrogen (secondary N) is 1. The van der Waals surface area contributed by atoms with Gasteiger partial charge in [-0.1, -0.05) is 22.0 Å². The number of aromatic nitrogens is 2. The lowest BCUT2D eigenvalue weighted by molar-refractivity contribution is -0.134. The van der Waals surface area contributed by atoms with E-state index >= 15 is 4.39 Å². The van der Waals surface area contributed by atoms with Crippen LogP contribution < -0.4 is 0 Å². The third-order valence-corrected chi connectivity index (χ3v) is 7.12. The number of likely N-dealkylation sites (N-methyl/N-ethyl adjacent to an activating group) is 2. The number of hydrogen-bond donors (Lipinski definition) is 1. The number of nitrogens with zero attached hydrogens (tertiary/aromatic N) is 4. The Morgan fingerprint density at radius 2 is 1.95 bits per heavy atom. The maximum Gasteiger partial charge on any atom is 0.410 e. The van der Waals surface area contributed by atoms with Crippen LogP contribution in [-0.2, 0) is 16.1 Å². The van der Waals surface area contributed by atoms with Crippen LogP contribution in [0.25, 0.3) is 22.2 Å². The number of amides is 2. The van der Waals surface area contributed by atoms with E-state index in [1.54, 1.807) is 22.9 Å². The van der Waals surface area contributed by atoms with E-state index in [1.165, 1.54) is 6.07 Å². The lowest BCUT2D eigenvalue weighted by Gasteiger charge is -2.30. The van der Waals surface area contributed by atoms with Crippen LogP contribution in [0.5, 0.6) is 0 Å². The number of aromatic amines is 1. The van der Waals surface area contributed by atoms with Gasteiger partial charge in [0.25, 0.3) is 0 Å². The Hall–Kier alpha value is -2.98. The van der Waals surface area contributed by atoms with Crippen LogP contribution in [0.1, 0.15) is 39.2 Å². The summed E-state index contributed by atoms with van der Waals surface area (Å²) in [7, 11) is 3.69. The number of carbonyl (C=O) groups is 2. The summed E-state index contributed by atoms with van der Waals surface area (Å²) in [6.45, 7) is 7.59. The number of hydrogen-bond acceptors (Lipinski definition) is 5. The number of carbonyl (C=O) groups excluding carboxylic acids is 2. The maximum atomic E-state index is 15.1. The summed E-state index contributed by atoms with van der Waals surface area (Å²) in [6.07, 6.45) is 0.961. The molecule has 0 radical (unpaired) electrons. The standard InChI is InChI=1S/C28H35BrFN5O3/c1-28(2,3)38-27(37)35-12-6-7-24(35)26(36)34(5)14-13-33(4)17-18-8-10-20(22(30)15-18)25-21-11-9-19(29)16-23(21)31-32-25/h8-11,15-16,24H,6-7,12-14,17H2,1-5H3,(H,31,32)/t24-/m1/s1. The van der Waals surface area contributed by atoms with Gasteiger partial charge in [-0.05, 0) is 76.6 Å². The molecule has 4 rings (SSSR count). The molecule has 204 valence electrons. The fraction of sp³-hybridized carbons (Fsp3) is 0.464. The second kappa shape index (κ2) is 11.4. The van der Waals surface area contributed by atoms with E-state index in [2.05, 4.69) is 26.1 Å². The highest BCUT2D eigenvalue weighted by Crippen LogP contribution is 2.30. The number of likely N-dealkylation sites (tertiary alicyclic amines) is 1. The maximum absolute atomic E-state index is 15.1. The summed E-state index contributed by atoms with van der Waals surface area (Å²) in [4.78, 5) is 30.9. The zero-order chi connectivity index (χ0) is 27.6. The first-order valence-corrected chi connectivity index (χ1v) is 13.6. The zero-order valence-electron chi connectivity index (χ0n) is 22.6. The van der Waals surface area contributed by atoms with E-state index < -0.39 is 17.7 Å². The summed E-state index contributed by atoms with van der Waals surface area (Å²) >= 11 is 3.44. The third kappa shape index (κ3) is 6.53. The van der Waals surface area contributed by atoms with Crippen LogP contribution in [0.3, 0.4) is 0 Å². The largest absolute Gasteiger partial charge is 0.444 e. The van der Waals surface area contributed by atoms with Crippen LogP contribution in [0, 0.1) is 5.82 Å². The van der Waals surface area contributed by atoms with Gasteiger partial charge in [0.2, 0.25) is 5.91 Å². The van der Waals surface area contributed by atoms with Crippen molar-refractivity contribution < 1.29 is 18.7 Å². The number of halogens is 2. The van der Waals surface area contributed by atoms with Gasteiger partial charge in [0, 0.05) is 48.6 Å². The van der Waals surface area contributed by atoms with E-state index in [4.69, 9.17) is 4.74 Å². The second-order valence-corrected chi connectivity index (χ2v) is 11.8. The van der Waals surface area contributed by atoms with Gasteiger partial charge in [-0.2, -0.15) is 5.10 Å². The molecule has 1 aliphatic rings. The zero-order valence-corrected chi connectivity index (χ0v) is 24.1. The summed E-state index contributed by atoms with van der Waals surface area (Å²) in [6, 6.07) is 10.4. The quantitative estimate of drug-likeness (QED) is 0.399. The van der Waals surface area contributed by atoms with Crippen molar-refractivity contribution in [3.8, 4) is 11.3 Å². The highest BCUT2D eigenvalue weighted by Gasteiger charge is 2.37. The number of rotatable bonds is 7. The minimum Gasteiger partial charge on any atom is -0.444 e. The average Bonchev–Trinajstić information content (AvgIpc) is 3.48. The Kier molecular flexibility index (Phi) is 8.42. The van der Waals surface area contributed by atoms with Crippen LogP contribution in [0.4, 0.5) is 9.18 Å². The molecule has 0 aliphatic carbocycles. The van der Waals surface area contributed by atoms with Gasteiger partial charge < -0.3 is 14.5 Å². The normalized spacial score (nSPS) is 15.9. The lowest BCUT2D eigenvalue weighted by atomic mass is 10.0. The predicted molar refractivity (Wildman–Crippen MR) is 149 cm³/mol. The summed E-state index contributed by atoms with van der Waals surface area (Å²) in [5.74, 6) is -0.418. The van der Waals surface area contributed by atoms with Gasteiger partial charge in [0.15, 0.2) is 0 Å². The van der Waals surface area contributed by atoms with Crippen LogP contribution in [0.15, 0.2) is 40.9 Å². The molecule has 8 nitrogen and oxygen atoms in total. The predicted octanol–water partition coefficient (Wildman–Crippen LogP) is 5.42. The Labute approximate surface area is 231 Å². The molecule has 0 spiro atoms. The molecule has 3 aromatic rings. The fourth-order valence-electron chi connectivity index (χ4n) is 4.68. The molecule has 2 amide bonds. The second-order valence-electron chi connectivity index (χ2n) is 10.9. The van der Waals surface area contributed by atoms with Gasteiger partial charge in [-0.25, -0.2) is 9.18 Å². The average molecular weight is 589 g/mol. The molecule has 38 heavy (non-hydrogen) atoms. The Morgan fingerprint density at radius 1 is 1.18 bits per heavy atom. The number of fused-ring (bicyclic) bond motifs is 1. The molecule has 1 aromatic heterocycles. The molecule has 10 heteroatoms. The number of benzene rings is 2. The molecule has 0 unspecified atom stereocenters. The molecule has 2 aromatic carbocycles. The van der Waals surface area contributed by atoms with Gasteiger partial charge in [0.05, 0.1) is 5.52 Å². The minimum atomic E-state index is -0.608. The van der Waals surface area contributed by atoms with Crippen LogP contribution in [-0.4, -0.2) is 82.3 Å². The van der Waals surface area contributed by atoms with Crippen molar-refractivity contribution >= 4 is 38.8 Å².